The van der Waals surface area contributed by atoms with Crippen molar-refractivity contribution in [1.29, 1.82) is 10.5 Å². The summed E-state index contributed by atoms with van der Waals surface area (Å²) in [6.45, 7) is 0. The van der Waals surface area contributed by atoms with E-state index in [1.165, 1.54) is 30.3 Å². The van der Waals surface area contributed by atoms with Gasteiger partial charge in [0.15, 0.2) is 0 Å². The second-order valence-electron chi connectivity index (χ2n) is 21.5. The Balaban J connectivity index is 1.14. The van der Waals surface area contributed by atoms with Gasteiger partial charge in [0, 0.05) is 101 Å². The molecule has 0 bridgehead atoms. The first-order valence-corrected chi connectivity index (χ1v) is 30.1. The maximum Gasteiger partial charge on any atom is 0.143 e. The van der Waals surface area contributed by atoms with Gasteiger partial charge in [-0.25, -0.2) is 0 Å². The van der Waals surface area contributed by atoms with Gasteiger partial charge >= 0.3 is 0 Å². The summed E-state index contributed by atoms with van der Waals surface area (Å²) in [6, 6.07) is 85.7. The maximum absolute atomic E-state index is 13.1. The number of aromatic nitrogens is 3. The van der Waals surface area contributed by atoms with Crippen molar-refractivity contribution in [1.82, 2.24) is 13.7 Å². The zero-order chi connectivity index (χ0) is 54.3. The average Bonchev–Trinajstić information content (AvgIpc) is 2.13. The number of thiophene rings is 3. The first kappa shape index (κ1) is 45.2. The summed E-state index contributed by atoms with van der Waals surface area (Å²) < 4.78 is 21.0. The number of benzene rings is 12. The molecule has 0 fully saturated rings. The van der Waals surface area contributed by atoms with Gasteiger partial charge in [0.25, 0.3) is 0 Å². The summed E-state index contributed by atoms with van der Waals surface area (Å²) in [7, 11) is 0. The SMILES string of the molecule is N#Cc1c(-c2cccc3c2oc2ccccc23)c(-n2c3ccccc3c3ccc4c5ccccc5sc4c32)c(C#N)c(-n2c3ccccc3c3ccc4c5ccccc5sc4c32)c1-n1c2ccccc2c2ccc3c4ccccc4sc3c21. The third-order valence-electron chi connectivity index (χ3n) is 17.5. The first-order chi connectivity index (χ1) is 41.1. The van der Waals surface area contributed by atoms with Crippen molar-refractivity contribution in [2.75, 3.05) is 0 Å². The van der Waals surface area contributed by atoms with Gasteiger partial charge in [-0.1, -0.05) is 182 Å². The number of rotatable bonds is 4. The van der Waals surface area contributed by atoms with Crippen molar-refractivity contribution in [3.63, 3.8) is 0 Å². The molecule has 19 aromatic rings. The topological polar surface area (TPSA) is 75.5 Å². The summed E-state index contributed by atoms with van der Waals surface area (Å²) in [5.74, 6) is 0. The minimum absolute atomic E-state index is 0.409. The molecular formula is C74H37N5OS3. The number of hydrogen-bond acceptors (Lipinski definition) is 6. The lowest BCUT2D eigenvalue weighted by Crippen LogP contribution is -2.14. The second-order valence-corrected chi connectivity index (χ2v) is 24.7. The van der Waals surface area contributed by atoms with Crippen LogP contribution in [0, 0.1) is 22.7 Å². The van der Waals surface area contributed by atoms with Crippen LogP contribution in [-0.4, -0.2) is 13.7 Å². The van der Waals surface area contributed by atoms with Crippen LogP contribution in [0.25, 0.3) is 176 Å². The van der Waals surface area contributed by atoms with Gasteiger partial charge in [-0.3, -0.25) is 0 Å². The monoisotopic (exact) mass is 1110 g/mol. The molecule has 7 aromatic heterocycles. The summed E-state index contributed by atoms with van der Waals surface area (Å²) in [5, 5.41) is 41.3. The minimum atomic E-state index is 0.409. The summed E-state index contributed by atoms with van der Waals surface area (Å²) in [6.07, 6.45) is 0. The van der Waals surface area contributed by atoms with E-state index in [2.05, 4.69) is 232 Å². The van der Waals surface area contributed by atoms with Crippen LogP contribution in [0.1, 0.15) is 11.1 Å². The molecule has 7 heterocycles. The van der Waals surface area contributed by atoms with E-state index in [1.807, 2.05) is 18.2 Å². The molecule has 0 aliphatic rings. The Morgan fingerprint density at radius 3 is 1.12 bits per heavy atom. The van der Waals surface area contributed by atoms with E-state index in [4.69, 9.17) is 4.42 Å². The molecule has 0 atom stereocenters. The van der Waals surface area contributed by atoms with Gasteiger partial charge in [-0.15, -0.1) is 34.0 Å². The first-order valence-electron chi connectivity index (χ1n) is 27.6. The Labute approximate surface area is 483 Å². The van der Waals surface area contributed by atoms with Gasteiger partial charge in [0.1, 0.15) is 28.9 Å². The molecule has 0 spiro atoms. The third kappa shape index (κ3) is 5.82. The zero-order valence-electron chi connectivity index (χ0n) is 43.7. The van der Waals surface area contributed by atoms with Crippen molar-refractivity contribution in [3.05, 3.63) is 236 Å². The largest absolute Gasteiger partial charge is 0.455 e. The molecule has 9 heteroatoms. The van der Waals surface area contributed by atoms with E-state index >= 15 is 0 Å². The molecule has 0 saturated carbocycles. The molecule has 0 unspecified atom stereocenters. The van der Waals surface area contributed by atoms with Crippen LogP contribution in [0.3, 0.4) is 0 Å². The summed E-state index contributed by atoms with van der Waals surface area (Å²) in [4.78, 5) is 0. The fraction of sp³-hybridized carbons (Fsp3) is 0. The van der Waals surface area contributed by atoms with E-state index in [-0.39, 0.29) is 0 Å². The lowest BCUT2D eigenvalue weighted by molar-refractivity contribution is 0.670. The van der Waals surface area contributed by atoms with Gasteiger partial charge in [0.2, 0.25) is 0 Å². The highest BCUT2D eigenvalue weighted by molar-refractivity contribution is 7.27. The summed E-state index contributed by atoms with van der Waals surface area (Å²) in [5.41, 5.74) is 11.0. The third-order valence-corrected chi connectivity index (χ3v) is 21.1. The number of nitriles is 2. The molecule has 19 rings (SSSR count). The van der Waals surface area contributed by atoms with E-state index in [1.54, 1.807) is 34.0 Å². The van der Waals surface area contributed by atoms with Crippen molar-refractivity contribution in [2.24, 2.45) is 0 Å². The number of hydrogen-bond donors (Lipinski definition) is 0. The standard InChI is InChI=1S/C74H37N5OS3/c75-38-55-64(54-24-15-23-50-43-19-4-11-28-60(43)80-71(50)54)65(77-57-25-8-1-16-40(57)47-32-35-51-44-20-5-12-29-61(44)81-72(51)68(47)77)56(39-76)67(79-59-27-10-3-18-42(59)49-34-37-53-46-22-7-14-31-63(46)83-74(53)70(49)79)66(55)78-58-26-9-2-17-41(58)48-33-36-52-45-21-6-13-30-62(45)82-73(52)69(48)78/h1-37H. The van der Waals surface area contributed by atoms with E-state index in [0.29, 0.717) is 44.9 Å². The van der Waals surface area contributed by atoms with Crippen LogP contribution in [-0.2, 0) is 0 Å². The van der Waals surface area contributed by atoms with Crippen molar-refractivity contribution >= 4 is 182 Å². The van der Waals surface area contributed by atoms with Crippen LogP contribution in [0.2, 0.25) is 0 Å². The Hall–Kier alpha value is -10.5. The normalized spacial score (nSPS) is 12.3. The molecule has 0 radical (unpaired) electrons. The second kappa shape index (κ2) is 16.5. The Morgan fingerprint density at radius 1 is 0.301 bits per heavy atom. The summed E-state index contributed by atoms with van der Waals surface area (Å²) >= 11 is 5.31. The van der Waals surface area contributed by atoms with Crippen LogP contribution in [0.4, 0.5) is 0 Å². The molecule has 0 N–H and O–H groups in total. The van der Waals surface area contributed by atoms with Gasteiger partial charge in [-0.05, 0) is 42.5 Å². The molecular weight excluding hydrogens is 1070 g/mol. The van der Waals surface area contributed by atoms with E-state index < -0.39 is 0 Å². The molecule has 382 valence electrons. The van der Waals surface area contributed by atoms with Crippen molar-refractivity contribution in [3.8, 4) is 40.3 Å². The quantitative estimate of drug-likeness (QED) is 0.176. The van der Waals surface area contributed by atoms with Crippen molar-refractivity contribution < 1.29 is 4.42 Å². The lowest BCUT2D eigenvalue weighted by Gasteiger charge is -2.26. The average molecular weight is 1110 g/mol. The van der Waals surface area contributed by atoms with Gasteiger partial charge in [0.05, 0.1) is 69.8 Å². The number of para-hydroxylation sites is 5. The van der Waals surface area contributed by atoms with Gasteiger partial charge in [-0.2, -0.15) is 10.5 Å². The highest BCUT2D eigenvalue weighted by Gasteiger charge is 2.36. The minimum Gasteiger partial charge on any atom is -0.455 e. The molecule has 83 heavy (non-hydrogen) atoms. The predicted octanol–water partition coefficient (Wildman–Crippen LogP) is 21.4. The highest BCUT2D eigenvalue weighted by atomic mass is 32.1. The smallest absolute Gasteiger partial charge is 0.143 e. The Kier molecular flexibility index (Phi) is 9.02. The fourth-order valence-electron chi connectivity index (χ4n) is 14.2. The molecule has 0 aliphatic carbocycles. The zero-order valence-corrected chi connectivity index (χ0v) is 46.2. The highest BCUT2D eigenvalue weighted by Crippen LogP contribution is 2.54. The number of nitrogens with zero attached hydrogens (tertiary/aromatic N) is 5. The van der Waals surface area contributed by atoms with Crippen LogP contribution in [0.15, 0.2) is 229 Å². The van der Waals surface area contributed by atoms with E-state index in [9.17, 15) is 10.5 Å². The molecule has 12 aromatic carbocycles. The van der Waals surface area contributed by atoms with E-state index in [0.717, 1.165) is 112 Å². The molecule has 0 saturated heterocycles. The predicted molar refractivity (Wildman–Crippen MR) is 350 cm³/mol. The number of fused-ring (bicyclic) bond motifs is 24. The number of furan rings is 1. The van der Waals surface area contributed by atoms with Crippen LogP contribution >= 0.6 is 34.0 Å². The Morgan fingerprint density at radius 2 is 0.663 bits per heavy atom. The van der Waals surface area contributed by atoms with Crippen LogP contribution < -0.4 is 0 Å². The Bertz CT molecular complexity index is 6240. The lowest BCUT2D eigenvalue weighted by atomic mass is 9.90. The fourth-order valence-corrected chi connectivity index (χ4v) is 17.9. The van der Waals surface area contributed by atoms with Crippen molar-refractivity contribution in [2.45, 2.75) is 0 Å². The van der Waals surface area contributed by atoms with Crippen LogP contribution in [0.5, 0.6) is 0 Å². The van der Waals surface area contributed by atoms with Gasteiger partial charge < -0.3 is 18.1 Å². The maximum atomic E-state index is 13.1. The molecule has 6 nitrogen and oxygen atoms in total. The molecule has 0 aliphatic heterocycles. The molecule has 0 amide bonds.